The van der Waals surface area contributed by atoms with Crippen molar-refractivity contribution in [3.8, 4) is 6.07 Å². The Morgan fingerprint density at radius 3 is 2.67 bits per heavy atom. The zero-order valence-electron chi connectivity index (χ0n) is 8.13. The Morgan fingerprint density at radius 1 is 1.58 bits per heavy atom. The van der Waals surface area contributed by atoms with Crippen LogP contribution in [0, 0.1) is 11.3 Å². The van der Waals surface area contributed by atoms with Gasteiger partial charge < -0.3 is 0 Å². The van der Waals surface area contributed by atoms with Crippen molar-refractivity contribution in [1.82, 2.24) is 5.32 Å². The van der Waals surface area contributed by atoms with Gasteiger partial charge >= 0.3 is 0 Å². The summed E-state index contributed by atoms with van der Waals surface area (Å²) in [6.45, 7) is 4.24. The second kappa shape index (κ2) is 7.45. The van der Waals surface area contributed by atoms with Gasteiger partial charge in [-0.1, -0.05) is 6.92 Å². The molecule has 0 aliphatic rings. The highest BCUT2D eigenvalue weighted by Crippen LogP contribution is 2.01. The highest BCUT2D eigenvalue weighted by atomic mass is 32.2. The van der Waals surface area contributed by atoms with Gasteiger partial charge in [-0.2, -0.15) is 17.0 Å². The first-order valence-corrected chi connectivity index (χ1v) is 5.78. The normalized spacial score (nSPS) is 15.2. The molecular weight excluding hydrogens is 168 g/mol. The van der Waals surface area contributed by atoms with Crippen molar-refractivity contribution < 1.29 is 0 Å². The lowest BCUT2D eigenvalue weighted by Gasteiger charge is -2.15. The van der Waals surface area contributed by atoms with Crippen LogP contribution in [0.4, 0.5) is 0 Å². The highest BCUT2D eigenvalue weighted by molar-refractivity contribution is 7.98. The molecule has 0 aliphatic carbocycles. The van der Waals surface area contributed by atoms with Crippen LogP contribution in [0.1, 0.15) is 26.7 Å². The molecule has 0 bridgehead atoms. The molecule has 2 atom stereocenters. The van der Waals surface area contributed by atoms with Gasteiger partial charge in [0.05, 0.1) is 12.1 Å². The maximum atomic E-state index is 8.78. The van der Waals surface area contributed by atoms with Crippen LogP contribution in [0.5, 0.6) is 0 Å². The summed E-state index contributed by atoms with van der Waals surface area (Å²) in [5, 5.41) is 12.1. The van der Waals surface area contributed by atoms with Gasteiger partial charge in [0.25, 0.3) is 0 Å². The van der Waals surface area contributed by atoms with Gasteiger partial charge in [0.1, 0.15) is 0 Å². The third-order valence-electron chi connectivity index (χ3n) is 1.86. The molecule has 0 amide bonds. The Bertz CT molecular complexity index is 142. The summed E-state index contributed by atoms with van der Waals surface area (Å²) in [7, 11) is 0. The van der Waals surface area contributed by atoms with Crippen molar-refractivity contribution >= 4 is 11.8 Å². The predicted octanol–water partition coefficient (Wildman–Crippen LogP) is 2.02. The van der Waals surface area contributed by atoms with E-state index in [1.807, 2.05) is 0 Å². The molecule has 3 heteroatoms. The molecule has 0 radical (unpaired) electrons. The molecule has 70 valence electrons. The fraction of sp³-hybridized carbons (Fsp3) is 0.889. The van der Waals surface area contributed by atoms with E-state index >= 15 is 0 Å². The molecule has 0 saturated heterocycles. The monoisotopic (exact) mass is 186 g/mol. The van der Waals surface area contributed by atoms with Crippen molar-refractivity contribution in [3.05, 3.63) is 0 Å². The molecular formula is C9H18N2S. The van der Waals surface area contributed by atoms with Gasteiger partial charge in [0, 0.05) is 6.04 Å². The van der Waals surface area contributed by atoms with Crippen LogP contribution >= 0.6 is 11.8 Å². The maximum absolute atomic E-state index is 8.78. The average Bonchev–Trinajstić information content (AvgIpc) is 2.11. The van der Waals surface area contributed by atoms with Crippen LogP contribution < -0.4 is 5.32 Å². The number of rotatable bonds is 6. The molecule has 0 fully saturated rings. The first-order valence-electron chi connectivity index (χ1n) is 4.39. The van der Waals surface area contributed by atoms with Crippen molar-refractivity contribution in [2.45, 2.75) is 38.8 Å². The van der Waals surface area contributed by atoms with E-state index in [9.17, 15) is 0 Å². The molecule has 0 rings (SSSR count). The predicted molar refractivity (Wildman–Crippen MR) is 55.3 cm³/mol. The molecule has 2 unspecified atom stereocenters. The van der Waals surface area contributed by atoms with E-state index < -0.39 is 0 Å². The summed E-state index contributed by atoms with van der Waals surface area (Å²) < 4.78 is 0. The van der Waals surface area contributed by atoms with Crippen molar-refractivity contribution in [2.75, 3.05) is 12.0 Å². The van der Waals surface area contributed by atoms with Crippen molar-refractivity contribution in [3.63, 3.8) is 0 Å². The Kier molecular flexibility index (Phi) is 7.33. The lowest BCUT2D eigenvalue weighted by Crippen LogP contribution is -2.35. The van der Waals surface area contributed by atoms with Gasteiger partial charge in [-0.3, -0.25) is 5.32 Å². The summed E-state index contributed by atoms with van der Waals surface area (Å²) in [5.74, 6) is 1.06. The highest BCUT2D eigenvalue weighted by Gasteiger charge is 2.08. The van der Waals surface area contributed by atoms with Crippen LogP contribution in [0.2, 0.25) is 0 Å². The van der Waals surface area contributed by atoms with Gasteiger partial charge in [0.2, 0.25) is 0 Å². The van der Waals surface area contributed by atoms with E-state index in [-0.39, 0.29) is 6.04 Å². The Hall–Kier alpha value is -0.200. The maximum Gasteiger partial charge on any atom is 0.0962 e. The van der Waals surface area contributed by atoms with E-state index in [1.165, 1.54) is 0 Å². The number of hydrogen-bond donors (Lipinski definition) is 1. The van der Waals surface area contributed by atoms with Crippen LogP contribution in [0.25, 0.3) is 0 Å². The fourth-order valence-corrected chi connectivity index (χ4v) is 1.35. The minimum Gasteiger partial charge on any atom is -0.299 e. The SMILES string of the molecule is CCC(C)NC(C#N)CCSC. The Labute approximate surface area is 79.7 Å². The summed E-state index contributed by atoms with van der Waals surface area (Å²) >= 11 is 1.79. The largest absolute Gasteiger partial charge is 0.299 e. The molecule has 0 spiro atoms. The molecule has 0 aromatic heterocycles. The molecule has 12 heavy (non-hydrogen) atoms. The van der Waals surface area contributed by atoms with E-state index in [4.69, 9.17) is 5.26 Å². The summed E-state index contributed by atoms with van der Waals surface area (Å²) in [5.41, 5.74) is 0. The van der Waals surface area contributed by atoms with Gasteiger partial charge in [-0.25, -0.2) is 0 Å². The number of thioether (sulfide) groups is 1. The smallest absolute Gasteiger partial charge is 0.0962 e. The minimum absolute atomic E-state index is 0.0346. The fourth-order valence-electron chi connectivity index (χ4n) is 0.882. The Balaban J connectivity index is 3.61. The van der Waals surface area contributed by atoms with Gasteiger partial charge in [-0.15, -0.1) is 0 Å². The van der Waals surface area contributed by atoms with Crippen LogP contribution in [0.15, 0.2) is 0 Å². The molecule has 0 aromatic rings. The Morgan fingerprint density at radius 2 is 2.25 bits per heavy atom. The zero-order valence-corrected chi connectivity index (χ0v) is 8.95. The van der Waals surface area contributed by atoms with E-state index in [0.717, 1.165) is 18.6 Å². The first kappa shape index (κ1) is 11.8. The number of nitrogens with one attached hydrogen (secondary N) is 1. The van der Waals surface area contributed by atoms with Gasteiger partial charge in [-0.05, 0) is 31.8 Å². The van der Waals surface area contributed by atoms with Crippen molar-refractivity contribution in [2.24, 2.45) is 0 Å². The summed E-state index contributed by atoms with van der Waals surface area (Å²) in [6.07, 6.45) is 4.09. The number of nitrogens with zero attached hydrogens (tertiary/aromatic N) is 1. The quantitative estimate of drug-likeness (QED) is 0.689. The molecule has 0 aliphatic heterocycles. The lowest BCUT2D eigenvalue weighted by atomic mass is 10.2. The molecule has 0 aromatic carbocycles. The molecule has 1 N–H and O–H groups in total. The standard InChI is InChI=1S/C9H18N2S/c1-4-8(2)11-9(7-10)5-6-12-3/h8-9,11H,4-6H2,1-3H3. The number of hydrogen-bond acceptors (Lipinski definition) is 3. The van der Waals surface area contributed by atoms with E-state index in [2.05, 4.69) is 31.5 Å². The topological polar surface area (TPSA) is 35.8 Å². The van der Waals surface area contributed by atoms with Crippen LogP contribution in [0.3, 0.4) is 0 Å². The molecule has 0 heterocycles. The number of nitriles is 1. The van der Waals surface area contributed by atoms with Crippen LogP contribution in [-0.4, -0.2) is 24.1 Å². The van der Waals surface area contributed by atoms with E-state index in [1.54, 1.807) is 11.8 Å². The zero-order chi connectivity index (χ0) is 9.40. The minimum atomic E-state index is 0.0346. The third-order valence-corrected chi connectivity index (χ3v) is 2.51. The summed E-state index contributed by atoms with van der Waals surface area (Å²) in [4.78, 5) is 0. The second-order valence-electron chi connectivity index (χ2n) is 2.94. The van der Waals surface area contributed by atoms with Crippen molar-refractivity contribution in [1.29, 1.82) is 5.26 Å². The second-order valence-corrected chi connectivity index (χ2v) is 3.92. The lowest BCUT2D eigenvalue weighted by molar-refractivity contribution is 0.484. The van der Waals surface area contributed by atoms with Crippen LogP contribution in [-0.2, 0) is 0 Å². The summed E-state index contributed by atoms with van der Waals surface area (Å²) in [6, 6.07) is 2.77. The van der Waals surface area contributed by atoms with Gasteiger partial charge in [0.15, 0.2) is 0 Å². The molecule has 2 nitrogen and oxygen atoms in total. The average molecular weight is 186 g/mol. The third kappa shape index (κ3) is 5.45. The first-order chi connectivity index (χ1) is 5.74. The molecule has 0 saturated carbocycles. The van der Waals surface area contributed by atoms with E-state index in [0.29, 0.717) is 6.04 Å².